The third kappa shape index (κ3) is 4.31. The number of hydrogen-bond acceptors (Lipinski definition) is 7. The normalized spacial score (nSPS) is 25.7. The van der Waals surface area contributed by atoms with Crippen LogP contribution in [0.2, 0.25) is 0 Å². The summed E-state index contributed by atoms with van der Waals surface area (Å²) in [7, 11) is 0. The minimum atomic E-state index is 0.0132. The van der Waals surface area contributed by atoms with Gasteiger partial charge in [-0.15, -0.1) is 0 Å². The first-order valence-corrected chi connectivity index (χ1v) is 11.0. The maximum absolute atomic E-state index is 6.26. The second-order valence-corrected chi connectivity index (χ2v) is 8.48. The number of benzene rings is 1. The molecule has 0 amide bonds. The molecule has 7 nitrogen and oxygen atoms in total. The van der Waals surface area contributed by atoms with E-state index in [0.29, 0.717) is 37.7 Å². The van der Waals surface area contributed by atoms with Gasteiger partial charge in [0.1, 0.15) is 19.3 Å². The highest BCUT2D eigenvalue weighted by Gasteiger charge is 2.23. The van der Waals surface area contributed by atoms with Crippen molar-refractivity contribution in [3.63, 3.8) is 0 Å². The Bertz CT molecular complexity index is 877. The molecule has 0 unspecified atom stereocenters. The Morgan fingerprint density at radius 3 is 2.63 bits per heavy atom. The standard InChI is InChI=1S/C23H29N3O4/c1-15-2-5-17(6-3-15)25-23-24-13-19(22(26-23)30-18-8-9-27-14-18)16-4-7-20-21(12-16)29-11-10-28-20/h4,7,12-13,15,17-18H,2-3,5-6,8-11,14H2,1H3,(H,24,25,26)/t15-,17-,18-/m1/s1. The Kier molecular flexibility index (Phi) is 5.62. The second-order valence-electron chi connectivity index (χ2n) is 8.48. The number of hydrogen-bond donors (Lipinski definition) is 1. The van der Waals surface area contributed by atoms with Gasteiger partial charge >= 0.3 is 0 Å². The van der Waals surface area contributed by atoms with E-state index in [2.05, 4.69) is 17.2 Å². The summed E-state index contributed by atoms with van der Waals surface area (Å²) >= 11 is 0. The molecule has 1 aromatic heterocycles. The first-order valence-electron chi connectivity index (χ1n) is 11.0. The number of anilines is 1. The lowest BCUT2D eigenvalue weighted by atomic mass is 9.87. The Morgan fingerprint density at radius 1 is 1.00 bits per heavy atom. The van der Waals surface area contributed by atoms with Gasteiger partial charge < -0.3 is 24.3 Å². The molecule has 1 saturated carbocycles. The van der Waals surface area contributed by atoms with Gasteiger partial charge in [0.25, 0.3) is 0 Å². The summed E-state index contributed by atoms with van der Waals surface area (Å²) in [6.45, 7) is 4.77. The van der Waals surface area contributed by atoms with Crippen molar-refractivity contribution in [3.8, 4) is 28.5 Å². The molecule has 1 saturated heterocycles. The molecule has 30 heavy (non-hydrogen) atoms. The van der Waals surface area contributed by atoms with Crippen molar-refractivity contribution >= 4 is 5.95 Å². The molecule has 2 aliphatic heterocycles. The molecular weight excluding hydrogens is 382 g/mol. The van der Waals surface area contributed by atoms with Gasteiger partial charge in [-0.2, -0.15) is 4.98 Å². The zero-order valence-electron chi connectivity index (χ0n) is 17.4. The molecule has 0 bridgehead atoms. The fraction of sp³-hybridized carbons (Fsp3) is 0.565. The number of fused-ring (bicyclic) bond motifs is 1. The van der Waals surface area contributed by atoms with Gasteiger partial charge in [0.15, 0.2) is 11.5 Å². The highest BCUT2D eigenvalue weighted by Crippen LogP contribution is 2.38. The van der Waals surface area contributed by atoms with Crippen LogP contribution in [-0.4, -0.2) is 48.5 Å². The minimum Gasteiger partial charge on any atom is -0.486 e. The van der Waals surface area contributed by atoms with Crippen molar-refractivity contribution in [3.05, 3.63) is 24.4 Å². The molecule has 7 heteroatoms. The van der Waals surface area contributed by atoms with Gasteiger partial charge in [0.2, 0.25) is 11.8 Å². The monoisotopic (exact) mass is 411 g/mol. The molecule has 2 aromatic rings. The molecule has 1 aliphatic carbocycles. The maximum Gasteiger partial charge on any atom is 0.226 e. The van der Waals surface area contributed by atoms with Crippen molar-refractivity contribution in [2.45, 2.75) is 51.2 Å². The summed E-state index contributed by atoms with van der Waals surface area (Å²) in [5, 5.41) is 3.52. The molecule has 5 rings (SSSR count). The van der Waals surface area contributed by atoms with E-state index in [4.69, 9.17) is 23.9 Å². The van der Waals surface area contributed by atoms with Crippen LogP contribution in [0, 0.1) is 5.92 Å². The van der Waals surface area contributed by atoms with Crippen molar-refractivity contribution in [2.75, 3.05) is 31.7 Å². The van der Waals surface area contributed by atoms with Crippen LogP contribution in [0.1, 0.15) is 39.0 Å². The molecule has 3 aliphatic rings. The SMILES string of the molecule is C[C@H]1CC[C@H](Nc2ncc(-c3ccc4c(c3)OCCO4)c(O[C@@H]3CCOC3)n2)CC1. The predicted octanol–water partition coefficient (Wildman–Crippen LogP) is 4.07. The van der Waals surface area contributed by atoms with E-state index in [1.807, 2.05) is 24.4 Å². The fourth-order valence-electron chi connectivity index (χ4n) is 4.29. The molecule has 1 atom stereocenters. The van der Waals surface area contributed by atoms with Crippen LogP contribution in [0.3, 0.4) is 0 Å². The van der Waals surface area contributed by atoms with E-state index in [1.54, 1.807) is 0 Å². The lowest BCUT2D eigenvalue weighted by Crippen LogP contribution is -2.26. The van der Waals surface area contributed by atoms with E-state index in [9.17, 15) is 0 Å². The number of aromatic nitrogens is 2. The van der Waals surface area contributed by atoms with Crippen LogP contribution in [0.25, 0.3) is 11.1 Å². The van der Waals surface area contributed by atoms with Crippen LogP contribution in [0.4, 0.5) is 5.95 Å². The predicted molar refractivity (Wildman–Crippen MR) is 113 cm³/mol. The number of nitrogens with one attached hydrogen (secondary N) is 1. The van der Waals surface area contributed by atoms with Crippen molar-refractivity contribution in [2.24, 2.45) is 5.92 Å². The smallest absolute Gasteiger partial charge is 0.226 e. The summed E-state index contributed by atoms with van der Waals surface area (Å²) in [6.07, 6.45) is 7.53. The van der Waals surface area contributed by atoms with E-state index in [1.165, 1.54) is 12.8 Å². The molecule has 3 heterocycles. The van der Waals surface area contributed by atoms with Crippen molar-refractivity contribution < 1.29 is 18.9 Å². The van der Waals surface area contributed by atoms with Crippen LogP contribution < -0.4 is 19.5 Å². The van der Waals surface area contributed by atoms with Gasteiger partial charge in [-0.1, -0.05) is 13.0 Å². The molecule has 0 radical (unpaired) electrons. The van der Waals surface area contributed by atoms with Gasteiger partial charge in [-0.05, 0) is 49.3 Å². The maximum atomic E-state index is 6.26. The molecule has 160 valence electrons. The molecule has 2 fully saturated rings. The van der Waals surface area contributed by atoms with E-state index in [-0.39, 0.29) is 6.10 Å². The summed E-state index contributed by atoms with van der Waals surface area (Å²) < 4.78 is 23.2. The summed E-state index contributed by atoms with van der Waals surface area (Å²) in [4.78, 5) is 9.38. The number of nitrogens with zero attached hydrogens (tertiary/aromatic N) is 2. The topological polar surface area (TPSA) is 74.7 Å². The molecule has 1 N–H and O–H groups in total. The van der Waals surface area contributed by atoms with E-state index >= 15 is 0 Å². The van der Waals surface area contributed by atoms with Gasteiger partial charge in [-0.3, -0.25) is 0 Å². The third-order valence-electron chi connectivity index (χ3n) is 6.12. The van der Waals surface area contributed by atoms with E-state index in [0.717, 1.165) is 54.4 Å². The van der Waals surface area contributed by atoms with Crippen molar-refractivity contribution in [1.29, 1.82) is 0 Å². The Hall–Kier alpha value is -2.54. The lowest BCUT2D eigenvalue weighted by molar-refractivity contribution is 0.138. The quantitative estimate of drug-likeness (QED) is 0.795. The molecule has 1 aromatic carbocycles. The van der Waals surface area contributed by atoms with Gasteiger partial charge in [0, 0.05) is 18.7 Å². The zero-order chi connectivity index (χ0) is 20.3. The van der Waals surface area contributed by atoms with Crippen LogP contribution >= 0.6 is 0 Å². The highest BCUT2D eigenvalue weighted by molar-refractivity contribution is 5.71. The largest absolute Gasteiger partial charge is 0.486 e. The zero-order valence-corrected chi connectivity index (χ0v) is 17.4. The van der Waals surface area contributed by atoms with Crippen LogP contribution in [-0.2, 0) is 4.74 Å². The fourth-order valence-corrected chi connectivity index (χ4v) is 4.29. The van der Waals surface area contributed by atoms with Crippen molar-refractivity contribution in [1.82, 2.24) is 9.97 Å². The Balaban J connectivity index is 1.42. The summed E-state index contributed by atoms with van der Waals surface area (Å²) in [5.41, 5.74) is 1.80. The Morgan fingerprint density at radius 2 is 1.83 bits per heavy atom. The average Bonchev–Trinajstić information content (AvgIpc) is 3.28. The first-order chi connectivity index (χ1) is 14.7. The van der Waals surface area contributed by atoms with Gasteiger partial charge in [-0.25, -0.2) is 4.98 Å². The minimum absolute atomic E-state index is 0.0132. The molecule has 0 spiro atoms. The number of ether oxygens (including phenoxy) is 4. The number of rotatable bonds is 5. The Labute approximate surface area is 177 Å². The summed E-state index contributed by atoms with van der Waals surface area (Å²) in [6, 6.07) is 6.33. The van der Waals surface area contributed by atoms with E-state index < -0.39 is 0 Å². The third-order valence-corrected chi connectivity index (χ3v) is 6.12. The average molecular weight is 412 g/mol. The molecular formula is C23H29N3O4. The summed E-state index contributed by atoms with van der Waals surface area (Å²) in [5.74, 6) is 3.53. The van der Waals surface area contributed by atoms with Crippen LogP contribution in [0.5, 0.6) is 17.4 Å². The lowest BCUT2D eigenvalue weighted by Gasteiger charge is -2.27. The highest BCUT2D eigenvalue weighted by atomic mass is 16.6. The van der Waals surface area contributed by atoms with Crippen LogP contribution in [0.15, 0.2) is 24.4 Å². The second kappa shape index (κ2) is 8.68. The van der Waals surface area contributed by atoms with Gasteiger partial charge in [0.05, 0.1) is 18.8 Å². The first kappa shape index (κ1) is 19.4.